The van der Waals surface area contributed by atoms with Gasteiger partial charge in [0.05, 0.1) is 10.7 Å². The van der Waals surface area contributed by atoms with Crippen molar-refractivity contribution < 1.29 is 4.79 Å². The van der Waals surface area contributed by atoms with Crippen LogP contribution in [0.4, 0.5) is 11.5 Å². The number of imidazole rings is 1. The molecule has 0 spiro atoms. The van der Waals surface area contributed by atoms with E-state index in [2.05, 4.69) is 26.0 Å². The standard InChI is InChI=1S/C24H26ClN5O/c25-19-6-9-22(26-15-19)29-13-10-18(11-14-29)24(31)27-20-7-4-17(5-8-20)21-16-30-12-2-1-3-23(30)28-21/h4-9,15-16,18H,1-3,10-14H2,(H,27,31). The smallest absolute Gasteiger partial charge is 0.227 e. The molecule has 0 atom stereocenters. The molecule has 160 valence electrons. The second-order valence-corrected chi connectivity index (χ2v) is 8.79. The maximum atomic E-state index is 12.8. The van der Waals surface area contributed by atoms with Gasteiger partial charge in [-0.15, -0.1) is 0 Å². The number of halogens is 1. The lowest BCUT2D eigenvalue weighted by Gasteiger charge is -2.32. The largest absolute Gasteiger partial charge is 0.357 e. The Morgan fingerprint density at radius 2 is 1.84 bits per heavy atom. The normalized spacial score (nSPS) is 16.7. The molecule has 1 fully saturated rings. The molecule has 0 bridgehead atoms. The maximum Gasteiger partial charge on any atom is 0.227 e. The predicted molar refractivity (Wildman–Crippen MR) is 123 cm³/mol. The van der Waals surface area contributed by atoms with Crippen LogP contribution in [0.1, 0.15) is 31.5 Å². The SMILES string of the molecule is O=C(Nc1ccc(-c2cn3c(n2)CCCC3)cc1)C1CCN(c2ccc(Cl)cn2)CC1. The zero-order chi connectivity index (χ0) is 21.2. The Labute approximate surface area is 187 Å². The van der Waals surface area contributed by atoms with Crippen molar-refractivity contribution in [2.45, 2.75) is 38.6 Å². The number of hydrogen-bond acceptors (Lipinski definition) is 4. The zero-order valence-corrected chi connectivity index (χ0v) is 18.2. The van der Waals surface area contributed by atoms with Crippen molar-refractivity contribution >= 4 is 29.0 Å². The molecule has 1 aromatic carbocycles. The van der Waals surface area contributed by atoms with Crippen molar-refractivity contribution in [3.05, 3.63) is 59.6 Å². The van der Waals surface area contributed by atoms with Crippen LogP contribution in [0, 0.1) is 5.92 Å². The Balaban J connectivity index is 1.17. The number of pyridine rings is 1. The van der Waals surface area contributed by atoms with E-state index < -0.39 is 0 Å². The molecular weight excluding hydrogens is 410 g/mol. The van der Waals surface area contributed by atoms with Gasteiger partial charge in [0.1, 0.15) is 11.6 Å². The van der Waals surface area contributed by atoms with E-state index in [0.29, 0.717) is 5.02 Å². The number of aryl methyl sites for hydroxylation is 2. The molecule has 1 amide bonds. The van der Waals surface area contributed by atoms with Gasteiger partial charge in [-0.3, -0.25) is 4.79 Å². The molecule has 6 nitrogen and oxygen atoms in total. The van der Waals surface area contributed by atoms with Crippen molar-refractivity contribution in [3.8, 4) is 11.3 Å². The number of amides is 1. The highest BCUT2D eigenvalue weighted by molar-refractivity contribution is 6.30. The molecule has 3 aromatic rings. The van der Waals surface area contributed by atoms with Crippen LogP contribution in [-0.2, 0) is 17.8 Å². The highest BCUT2D eigenvalue weighted by Gasteiger charge is 2.25. The second-order valence-electron chi connectivity index (χ2n) is 8.36. The maximum absolute atomic E-state index is 12.8. The van der Waals surface area contributed by atoms with Crippen LogP contribution in [0.2, 0.25) is 5.02 Å². The summed E-state index contributed by atoms with van der Waals surface area (Å²) in [4.78, 5) is 24.1. The first-order valence-corrected chi connectivity index (χ1v) is 11.4. The van der Waals surface area contributed by atoms with Crippen molar-refractivity contribution in [2.24, 2.45) is 5.92 Å². The summed E-state index contributed by atoms with van der Waals surface area (Å²) >= 11 is 5.92. The third-order valence-electron chi connectivity index (χ3n) is 6.26. The Bertz CT molecular complexity index is 1030. The first kappa shape index (κ1) is 20.1. The van der Waals surface area contributed by atoms with E-state index in [0.717, 1.165) is 61.7 Å². The molecule has 2 aliphatic heterocycles. The van der Waals surface area contributed by atoms with Gasteiger partial charge in [0.25, 0.3) is 0 Å². The summed E-state index contributed by atoms with van der Waals surface area (Å²) in [5.74, 6) is 2.20. The van der Waals surface area contributed by atoms with Gasteiger partial charge in [-0.2, -0.15) is 0 Å². The first-order valence-electron chi connectivity index (χ1n) is 11.0. The summed E-state index contributed by atoms with van der Waals surface area (Å²) in [5.41, 5.74) is 2.93. The number of aromatic nitrogens is 3. The average Bonchev–Trinajstić information content (AvgIpc) is 3.24. The molecule has 0 unspecified atom stereocenters. The minimum Gasteiger partial charge on any atom is -0.357 e. The number of carbonyl (C=O) groups excluding carboxylic acids is 1. The number of fused-ring (bicyclic) bond motifs is 1. The lowest BCUT2D eigenvalue weighted by Crippen LogP contribution is -2.38. The van der Waals surface area contributed by atoms with E-state index in [-0.39, 0.29) is 11.8 Å². The van der Waals surface area contributed by atoms with Gasteiger partial charge in [-0.25, -0.2) is 9.97 Å². The van der Waals surface area contributed by atoms with Crippen molar-refractivity contribution in [1.29, 1.82) is 0 Å². The fraction of sp³-hybridized carbons (Fsp3) is 0.375. The highest BCUT2D eigenvalue weighted by atomic mass is 35.5. The summed E-state index contributed by atoms with van der Waals surface area (Å²) < 4.78 is 2.26. The monoisotopic (exact) mass is 435 g/mol. The number of nitrogens with one attached hydrogen (secondary N) is 1. The van der Waals surface area contributed by atoms with E-state index in [4.69, 9.17) is 16.6 Å². The molecule has 0 radical (unpaired) electrons. The average molecular weight is 436 g/mol. The number of benzene rings is 1. The van der Waals surface area contributed by atoms with Gasteiger partial charge >= 0.3 is 0 Å². The molecule has 2 aliphatic rings. The molecule has 5 rings (SSSR count). The third-order valence-corrected chi connectivity index (χ3v) is 6.48. The molecule has 1 N–H and O–H groups in total. The predicted octanol–water partition coefficient (Wildman–Crippen LogP) is 4.79. The van der Waals surface area contributed by atoms with E-state index in [1.54, 1.807) is 6.20 Å². The Hall–Kier alpha value is -2.86. The summed E-state index contributed by atoms with van der Waals surface area (Å²) in [6.45, 7) is 2.69. The quantitative estimate of drug-likeness (QED) is 0.640. The molecule has 4 heterocycles. The lowest BCUT2D eigenvalue weighted by atomic mass is 9.95. The van der Waals surface area contributed by atoms with Crippen molar-refractivity contribution in [1.82, 2.24) is 14.5 Å². The number of hydrogen-bond donors (Lipinski definition) is 1. The zero-order valence-electron chi connectivity index (χ0n) is 17.4. The van der Waals surface area contributed by atoms with Crippen LogP contribution in [0.3, 0.4) is 0 Å². The number of piperidine rings is 1. The number of anilines is 2. The van der Waals surface area contributed by atoms with Crippen LogP contribution in [0.25, 0.3) is 11.3 Å². The summed E-state index contributed by atoms with van der Waals surface area (Å²) in [6, 6.07) is 11.8. The molecule has 7 heteroatoms. The fourth-order valence-electron chi connectivity index (χ4n) is 4.45. The third kappa shape index (κ3) is 4.44. The Kier molecular flexibility index (Phi) is 5.64. The molecule has 2 aromatic heterocycles. The van der Waals surface area contributed by atoms with Gasteiger partial charge in [0, 0.05) is 55.6 Å². The highest BCUT2D eigenvalue weighted by Crippen LogP contribution is 2.26. The van der Waals surface area contributed by atoms with Gasteiger partial charge in [0.15, 0.2) is 0 Å². The summed E-state index contributed by atoms with van der Waals surface area (Å²) in [6.07, 6.45) is 8.94. The van der Waals surface area contributed by atoms with Gasteiger partial charge in [-0.1, -0.05) is 23.7 Å². The molecular formula is C24H26ClN5O. The summed E-state index contributed by atoms with van der Waals surface area (Å²) in [7, 11) is 0. The van der Waals surface area contributed by atoms with Crippen LogP contribution < -0.4 is 10.2 Å². The minimum atomic E-state index is 0.0168. The Morgan fingerprint density at radius 1 is 1.03 bits per heavy atom. The second kappa shape index (κ2) is 8.71. The first-order chi connectivity index (χ1) is 15.2. The van der Waals surface area contributed by atoms with Crippen LogP contribution in [-0.4, -0.2) is 33.5 Å². The van der Waals surface area contributed by atoms with E-state index in [1.165, 1.54) is 18.7 Å². The number of rotatable bonds is 4. The van der Waals surface area contributed by atoms with Gasteiger partial charge in [-0.05, 0) is 49.9 Å². The van der Waals surface area contributed by atoms with Crippen LogP contribution in [0.5, 0.6) is 0 Å². The van der Waals surface area contributed by atoms with Crippen LogP contribution >= 0.6 is 11.6 Å². The molecule has 0 saturated carbocycles. The lowest BCUT2D eigenvalue weighted by molar-refractivity contribution is -0.120. The summed E-state index contributed by atoms with van der Waals surface area (Å²) in [5, 5.41) is 3.72. The Morgan fingerprint density at radius 3 is 2.55 bits per heavy atom. The topological polar surface area (TPSA) is 63.1 Å². The van der Waals surface area contributed by atoms with Gasteiger partial charge < -0.3 is 14.8 Å². The number of nitrogens with zero attached hydrogens (tertiary/aromatic N) is 4. The van der Waals surface area contributed by atoms with E-state index >= 15 is 0 Å². The molecule has 0 aliphatic carbocycles. The van der Waals surface area contributed by atoms with Crippen molar-refractivity contribution in [2.75, 3.05) is 23.3 Å². The van der Waals surface area contributed by atoms with E-state index in [1.807, 2.05) is 36.4 Å². The molecule has 31 heavy (non-hydrogen) atoms. The minimum absolute atomic E-state index is 0.0168. The number of carbonyl (C=O) groups is 1. The molecule has 1 saturated heterocycles. The van der Waals surface area contributed by atoms with Crippen molar-refractivity contribution in [3.63, 3.8) is 0 Å². The fourth-order valence-corrected chi connectivity index (χ4v) is 4.56. The van der Waals surface area contributed by atoms with Crippen LogP contribution in [0.15, 0.2) is 48.8 Å². The van der Waals surface area contributed by atoms with Gasteiger partial charge in [0.2, 0.25) is 5.91 Å². The van der Waals surface area contributed by atoms with E-state index in [9.17, 15) is 4.79 Å².